The van der Waals surface area contributed by atoms with Crippen molar-refractivity contribution in [2.75, 3.05) is 20.0 Å². The lowest BCUT2D eigenvalue weighted by molar-refractivity contribution is -0.729. The molecule has 0 radical (unpaired) electrons. The Morgan fingerprint density at radius 2 is 1.12 bits per heavy atom. The largest absolute Gasteiger partial charge is 0.296 e. The lowest BCUT2D eigenvalue weighted by atomic mass is 10.3. The number of carbonyl (C=O) groups is 2. The quantitative estimate of drug-likeness (QED) is 0.389. The van der Waals surface area contributed by atoms with Crippen LogP contribution in [-0.4, -0.2) is 84.1 Å². The summed E-state index contributed by atoms with van der Waals surface area (Å²) >= 11 is 0. The number of hydrogen-bond donors (Lipinski definition) is 0. The topological polar surface area (TPSA) is 180 Å². The minimum absolute atomic E-state index is 0.251. The average Bonchev–Trinajstić information content (AvgIpc) is 2.77. The maximum absolute atomic E-state index is 11.8. The van der Waals surface area contributed by atoms with E-state index in [1.165, 1.54) is 0 Å². The second-order valence-corrected chi connectivity index (χ2v) is 5.33. The van der Waals surface area contributed by atoms with E-state index < -0.39 is 59.2 Å². The third kappa shape index (κ3) is 3.00. The molecule has 2 heterocycles. The SMILES string of the molecule is CC(=O)N1CN(C(C)=O)[C@@H]2[C@H]1N([N+](=O)[O-])CN([N+](=O)[O-])CN2[N+](=O)[O-]. The van der Waals surface area contributed by atoms with Gasteiger partial charge in [-0.2, -0.15) is 0 Å². The average molecular weight is 362 g/mol. The van der Waals surface area contributed by atoms with Crippen molar-refractivity contribution in [3.05, 3.63) is 30.3 Å². The van der Waals surface area contributed by atoms with Crippen molar-refractivity contribution in [1.29, 1.82) is 0 Å². The van der Waals surface area contributed by atoms with Crippen molar-refractivity contribution in [2.24, 2.45) is 0 Å². The number of hydrogen-bond acceptors (Lipinski definition) is 8. The van der Waals surface area contributed by atoms with Crippen LogP contribution in [0.1, 0.15) is 13.8 Å². The Kier molecular flexibility index (Phi) is 4.44. The van der Waals surface area contributed by atoms with Gasteiger partial charge in [-0.1, -0.05) is 15.0 Å². The highest BCUT2D eigenvalue weighted by Gasteiger charge is 2.59. The Labute approximate surface area is 139 Å². The van der Waals surface area contributed by atoms with Crippen molar-refractivity contribution in [3.63, 3.8) is 0 Å². The van der Waals surface area contributed by atoms with Gasteiger partial charge in [-0.05, 0) is 0 Å². The third-order valence-corrected chi connectivity index (χ3v) is 3.90. The molecular weight excluding hydrogens is 348 g/mol. The number of nitro groups is 3. The molecule has 25 heavy (non-hydrogen) atoms. The second kappa shape index (κ2) is 6.21. The molecule has 0 spiro atoms. The maximum Gasteiger partial charge on any atom is 0.222 e. The zero-order valence-corrected chi connectivity index (χ0v) is 13.1. The highest BCUT2D eigenvalue weighted by molar-refractivity contribution is 5.78. The van der Waals surface area contributed by atoms with Crippen molar-refractivity contribution in [2.45, 2.75) is 26.2 Å². The number of fused-ring (bicyclic) bond motifs is 1. The van der Waals surface area contributed by atoms with Crippen LogP contribution in [0.2, 0.25) is 0 Å². The smallest absolute Gasteiger partial charge is 0.222 e. The summed E-state index contributed by atoms with van der Waals surface area (Å²) in [5, 5.41) is 31.8. The van der Waals surface area contributed by atoms with Crippen molar-refractivity contribution in [3.8, 4) is 0 Å². The molecule has 2 aliphatic heterocycles. The van der Waals surface area contributed by atoms with E-state index in [1.54, 1.807) is 0 Å². The van der Waals surface area contributed by atoms with E-state index in [0.29, 0.717) is 10.0 Å². The molecule has 2 amide bonds. The van der Waals surface area contributed by atoms with Gasteiger partial charge in [0.15, 0.2) is 15.1 Å². The molecule has 2 rings (SSSR count). The van der Waals surface area contributed by atoms with Gasteiger partial charge < -0.3 is 0 Å². The highest BCUT2D eigenvalue weighted by Crippen LogP contribution is 2.30. The Balaban J connectivity index is 2.61. The minimum atomic E-state index is -1.56. The van der Waals surface area contributed by atoms with E-state index in [0.717, 1.165) is 23.6 Å². The van der Waals surface area contributed by atoms with Gasteiger partial charge in [-0.3, -0.25) is 19.4 Å². The maximum atomic E-state index is 11.8. The number of hydrazine groups is 3. The number of carbonyl (C=O) groups excluding carboxylic acids is 2. The fraction of sp³-hybridized carbons (Fsp3) is 0.778. The molecule has 16 nitrogen and oxygen atoms in total. The van der Waals surface area contributed by atoms with Gasteiger partial charge in [0.05, 0.1) is 0 Å². The Morgan fingerprint density at radius 3 is 1.36 bits per heavy atom. The summed E-state index contributed by atoms with van der Waals surface area (Å²) in [4.78, 5) is 59.3. The lowest BCUT2D eigenvalue weighted by Gasteiger charge is -2.29. The monoisotopic (exact) mass is 362 g/mol. The second-order valence-electron chi connectivity index (χ2n) is 5.33. The minimum Gasteiger partial charge on any atom is -0.296 e. The van der Waals surface area contributed by atoms with Crippen molar-refractivity contribution < 1.29 is 24.7 Å². The predicted octanol–water partition coefficient (Wildman–Crippen LogP) is -2.28. The van der Waals surface area contributed by atoms with Gasteiger partial charge in [0.2, 0.25) is 37.5 Å². The molecule has 0 aromatic rings. The fourth-order valence-electron chi connectivity index (χ4n) is 2.80. The molecule has 2 atom stereocenters. The number of rotatable bonds is 3. The molecule has 2 aliphatic rings. The van der Waals surface area contributed by atoms with E-state index in [1.807, 2.05) is 0 Å². The van der Waals surface area contributed by atoms with E-state index in [4.69, 9.17) is 0 Å². The zero-order valence-electron chi connectivity index (χ0n) is 13.1. The molecule has 0 unspecified atom stereocenters. The summed E-state index contributed by atoms with van der Waals surface area (Å²) in [5.41, 5.74) is 0. The van der Waals surface area contributed by atoms with Gasteiger partial charge in [0, 0.05) is 13.8 Å². The standard InChI is InChI=1S/C9H14N8O8/c1-6(18)11-5-12(7(2)19)9-8(11)13(16(22)23)3-10(15(20)21)4-14(9)17(24)25/h8-9H,3-5H2,1-2H3/t8-,9+. The zero-order chi connectivity index (χ0) is 19.0. The van der Waals surface area contributed by atoms with Crippen LogP contribution in [0.5, 0.6) is 0 Å². The first-order valence-electron chi connectivity index (χ1n) is 6.81. The molecule has 0 aliphatic carbocycles. The molecule has 0 bridgehead atoms. The lowest BCUT2D eigenvalue weighted by Crippen LogP contribution is -2.59. The molecule has 138 valence electrons. The predicted molar refractivity (Wildman–Crippen MR) is 73.7 cm³/mol. The number of nitrogens with zero attached hydrogens (tertiary/aromatic N) is 8. The van der Waals surface area contributed by atoms with E-state index in [-0.39, 0.29) is 5.01 Å². The van der Waals surface area contributed by atoms with Crippen LogP contribution in [0.25, 0.3) is 0 Å². The summed E-state index contributed by atoms with van der Waals surface area (Å²) in [5.74, 6) is -1.35. The van der Waals surface area contributed by atoms with E-state index in [2.05, 4.69) is 0 Å². The Morgan fingerprint density at radius 1 is 0.760 bits per heavy atom. The van der Waals surface area contributed by atoms with Gasteiger partial charge in [-0.25, -0.2) is 30.3 Å². The molecule has 0 aromatic heterocycles. The fourth-order valence-corrected chi connectivity index (χ4v) is 2.80. The van der Waals surface area contributed by atoms with Gasteiger partial charge in [0.1, 0.15) is 6.67 Å². The normalized spacial score (nSPS) is 23.2. The van der Waals surface area contributed by atoms with Crippen LogP contribution in [0.4, 0.5) is 0 Å². The van der Waals surface area contributed by atoms with Crippen molar-refractivity contribution in [1.82, 2.24) is 24.8 Å². The first-order valence-corrected chi connectivity index (χ1v) is 6.81. The summed E-state index contributed by atoms with van der Waals surface area (Å²) in [6, 6.07) is 0. The molecular formula is C9H14N8O8. The van der Waals surface area contributed by atoms with E-state index >= 15 is 0 Å². The van der Waals surface area contributed by atoms with Crippen LogP contribution in [0.3, 0.4) is 0 Å². The molecule has 2 fully saturated rings. The molecule has 0 saturated carbocycles. The third-order valence-electron chi connectivity index (χ3n) is 3.90. The summed E-state index contributed by atoms with van der Waals surface area (Å²) in [7, 11) is 0. The van der Waals surface area contributed by atoms with Crippen LogP contribution in [0, 0.1) is 30.3 Å². The molecule has 2 saturated heterocycles. The van der Waals surface area contributed by atoms with Crippen LogP contribution < -0.4 is 0 Å². The summed E-state index contributed by atoms with van der Waals surface area (Å²) < 4.78 is 0. The summed E-state index contributed by atoms with van der Waals surface area (Å²) in [6.07, 6.45) is -3.13. The van der Waals surface area contributed by atoms with E-state index in [9.17, 15) is 39.9 Å². The van der Waals surface area contributed by atoms with Crippen molar-refractivity contribution >= 4 is 11.8 Å². The van der Waals surface area contributed by atoms with Gasteiger partial charge in [-0.15, -0.1) is 0 Å². The van der Waals surface area contributed by atoms with Gasteiger partial charge in [0.25, 0.3) is 0 Å². The first-order chi connectivity index (χ1) is 11.6. The summed E-state index contributed by atoms with van der Waals surface area (Å²) in [6.45, 7) is -0.0911. The van der Waals surface area contributed by atoms with Gasteiger partial charge >= 0.3 is 0 Å². The van der Waals surface area contributed by atoms with Crippen LogP contribution in [-0.2, 0) is 9.59 Å². The molecule has 0 aromatic carbocycles. The first kappa shape index (κ1) is 17.9. The Hall–Kier alpha value is -3.46. The highest BCUT2D eigenvalue weighted by atomic mass is 16.7. The molecule has 0 N–H and O–H groups in total. The van der Waals surface area contributed by atoms with Crippen LogP contribution in [0.15, 0.2) is 0 Å². The molecule has 16 heteroatoms. The van der Waals surface area contributed by atoms with Crippen LogP contribution >= 0.6 is 0 Å². The Bertz CT molecular complexity index is 595. The number of amides is 2.